The molecule has 90 valence electrons. The third-order valence-corrected chi connectivity index (χ3v) is 3.81. The van der Waals surface area contributed by atoms with Crippen molar-refractivity contribution in [2.24, 2.45) is 0 Å². The highest BCUT2D eigenvalue weighted by Crippen LogP contribution is 2.29. The summed E-state index contributed by atoms with van der Waals surface area (Å²) >= 11 is 3.55. The van der Waals surface area contributed by atoms with E-state index in [0.29, 0.717) is 6.04 Å². The van der Waals surface area contributed by atoms with Gasteiger partial charge in [0.25, 0.3) is 0 Å². The Balaban J connectivity index is 2.13. The number of imidazole rings is 1. The summed E-state index contributed by atoms with van der Waals surface area (Å²) in [6.45, 7) is 2.09. The zero-order chi connectivity index (χ0) is 11.8. The molecule has 0 aliphatic carbocycles. The van der Waals surface area contributed by atoms with Crippen molar-refractivity contribution in [3.8, 4) is 5.75 Å². The Kier molecular flexibility index (Phi) is 2.80. The van der Waals surface area contributed by atoms with E-state index in [4.69, 9.17) is 4.74 Å². The molecule has 2 heterocycles. The van der Waals surface area contributed by atoms with E-state index < -0.39 is 0 Å². The van der Waals surface area contributed by atoms with Crippen molar-refractivity contribution < 1.29 is 4.74 Å². The normalized spacial score (nSPS) is 20.0. The second kappa shape index (κ2) is 4.31. The highest BCUT2D eigenvalue weighted by Gasteiger charge is 2.21. The van der Waals surface area contributed by atoms with Crippen molar-refractivity contribution in [2.75, 3.05) is 20.2 Å². The Morgan fingerprint density at radius 1 is 1.53 bits per heavy atom. The standard InChI is InChI=1S/C12H14BrN3O/c1-17-9-2-3-11-10(6-9)15-12(13)16(11)8-4-5-14-7-8/h2-3,6,8,14H,4-5,7H2,1H3. The minimum Gasteiger partial charge on any atom is -0.497 e. The smallest absolute Gasteiger partial charge is 0.178 e. The van der Waals surface area contributed by atoms with Crippen LogP contribution in [-0.4, -0.2) is 29.8 Å². The molecule has 1 fully saturated rings. The Labute approximate surface area is 108 Å². The fraction of sp³-hybridized carbons (Fsp3) is 0.417. The first kappa shape index (κ1) is 11.0. The van der Waals surface area contributed by atoms with Gasteiger partial charge in [-0.25, -0.2) is 4.98 Å². The molecular weight excluding hydrogens is 282 g/mol. The number of benzene rings is 1. The summed E-state index contributed by atoms with van der Waals surface area (Å²) in [4.78, 5) is 4.54. The topological polar surface area (TPSA) is 39.1 Å². The summed E-state index contributed by atoms with van der Waals surface area (Å²) in [5.74, 6) is 0.846. The van der Waals surface area contributed by atoms with Crippen molar-refractivity contribution in [1.82, 2.24) is 14.9 Å². The third-order valence-electron chi connectivity index (χ3n) is 3.25. The molecule has 1 N–H and O–H groups in total. The quantitative estimate of drug-likeness (QED) is 0.924. The molecule has 0 radical (unpaired) electrons. The monoisotopic (exact) mass is 295 g/mol. The predicted molar refractivity (Wildman–Crippen MR) is 70.5 cm³/mol. The molecule has 1 unspecified atom stereocenters. The first-order valence-corrected chi connectivity index (χ1v) is 6.51. The van der Waals surface area contributed by atoms with Crippen LogP contribution in [0, 0.1) is 0 Å². The van der Waals surface area contributed by atoms with Crippen molar-refractivity contribution >= 4 is 27.0 Å². The van der Waals surface area contributed by atoms with Gasteiger partial charge in [-0.05, 0) is 41.0 Å². The lowest BCUT2D eigenvalue weighted by Gasteiger charge is -2.13. The largest absolute Gasteiger partial charge is 0.497 e. The maximum atomic E-state index is 5.22. The van der Waals surface area contributed by atoms with Crippen LogP contribution >= 0.6 is 15.9 Å². The van der Waals surface area contributed by atoms with Gasteiger partial charge in [-0.15, -0.1) is 0 Å². The lowest BCUT2D eigenvalue weighted by atomic mass is 10.2. The number of methoxy groups -OCH3 is 1. The summed E-state index contributed by atoms with van der Waals surface area (Å²) < 4.78 is 8.38. The van der Waals surface area contributed by atoms with Gasteiger partial charge in [0.15, 0.2) is 4.73 Å². The lowest BCUT2D eigenvalue weighted by Crippen LogP contribution is -2.13. The first-order valence-electron chi connectivity index (χ1n) is 5.72. The van der Waals surface area contributed by atoms with Crippen LogP contribution in [0.3, 0.4) is 0 Å². The summed E-state index contributed by atoms with van der Waals surface area (Å²) in [6, 6.07) is 6.52. The Bertz CT molecular complexity index is 546. The van der Waals surface area contributed by atoms with Crippen LogP contribution in [-0.2, 0) is 0 Å². The minimum atomic E-state index is 0.489. The molecule has 1 aliphatic heterocycles. The number of fused-ring (bicyclic) bond motifs is 1. The van der Waals surface area contributed by atoms with Crippen LogP contribution in [0.5, 0.6) is 5.75 Å². The van der Waals surface area contributed by atoms with Gasteiger partial charge in [0.05, 0.1) is 18.1 Å². The third kappa shape index (κ3) is 1.83. The predicted octanol–water partition coefficient (Wildman–Crippen LogP) is 2.34. The summed E-state index contributed by atoms with van der Waals surface area (Å²) in [5, 5.41) is 3.38. The average molecular weight is 296 g/mol. The highest BCUT2D eigenvalue weighted by atomic mass is 79.9. The molecule has 1 atom stereocenters. The van der Waals surface area contributed by atoms with Gasteiger partial charge >= 0.3 is 0 Å². The molecule has 4 nitrogen and oxygen atoms in total. The fourth-order valence-electron chi connectivity index (χ4n) is 2.38. The molecule has 0 amide bonds. The second-order valence-electron chi connectivity index (χ2n) is 4.25. The van der Waals surface area contributed by atoms with Gasteiger partial charge in [0.1, 0.15) is 5.75 Å². The van der Waals surface area contributed by atoms with Crippen molar-refractivity contribution in [2.45, 2.75) is 12.5 Å². The van der Waals surface area contributed by atoms with Gasteiger partial charge in [-0.2, -0.15) is 0 Å². The molecule has 5 heteroatoms. The average Bonchev–Trinajstić information content (AvgIpc) is 2.93. The van der Waals surface area contributed by atoms with Gasteiger partial charge in [0, 0.05) is 18.7 Å². The van der Waals surface area contributed by atoms with E-state index in [9.17, 15) is 0 Å². The number of nitrogens with one attached hydrogen (secondary N) is 1. The van der Waals surface area contributed by atoms with Crippen LogP contribution < -0.4 is 10.1 Å². The summed E-state index contributed by atoms with van der Waals surface area (Å²) in [5.41, 5.74) is 2.13. The summed E-state index contributed by atoms with van der Waals surface area (Å²) in [7, 11) is 1.67. The fourth-order valence-corrected chi connectivity index (χ4v) is 3.05. The van der Waals surface area contributed by atoms with E-state index in [1.165, 1.54) is 0 Å². The summed E-state index contributed by atoms with van der Waals surface area (Å²) in [6.07, 6.45) is 1.15. The van der Waals surface area contributed by atoms with Gasteiger partial charge in [-0.1, -0.05) is 0 Å². The zero-order valence-corrected chi connectivity index (χ0v) is 11.2. The van der Waals surface area contributed by atoms with E-state index in [0.717, 1.165) is 41.0 Å². The Hall–Kier alpha value is -1.07. The molecule has 1 saturated heterocycles. The number of ether oxygens (including phenoxy) is 1. The molecular formula is C12H14BrN3O. The van der Waals surface area contributed by atoms with Gasteiger partial charge in [0.2, 0.25) is 0 Å². The first-order chi connectivity index (χ1) is 8.29. The molecule has 17 heavy (non-hydrogen) atoms. The zero-order valence-electron chi connectivity index (χ0n) is 9.61. The van der Waals surface area contributed by atoms with Crippen molar-refractivity contribution in [3.05, 3.63) is 22.9 Å². The minimum absolute atomic E-state index is 0.489. The number of hydrogen-bond donors (Lipinski definition) is 1. The molecule has 1 aromatic carbocycles. The van der Waals surface area contributed by atoms with Crippen molar-refractivity contribution in [3.63, 3.8) is 0 Å². The number of nitrogens with zero attached hydrogens (tertiary/aromatic N) is 2. The number of hydrogen-bond acceptors (Lipinski definition) is 3. The maximum Gasteiger partial charge on any atom is 0.178 e. The second-order valence-corrected chi connectivity index (χ2v) is 4.96. The van der Waals surface area contributed by atoms with Crippen LogP contribution in [0.2, 0.25) is 0 Å². The van der Waals surface area contributed by atoms with E-state index >= 15 is 0 Å². The molecule has 0 saturated carbocycles. The molecule has 0 spiro atoms. The van der Waals surface area contributed by atoms with Gasteiger partial charge < -0.3 is 14.6 Å². The lowest BCUT2D eigenvalue weighted by molar-refractivity contribution is 0.415. The van der Waals surface area contributed by atoms with Gasteiger partial charge in [-0.3, -0.25) is 0 Å². The molecule has 1 aromatic heterocycles. The number of halogens is 1. The van der Waals surface area contributed by atoms with Crippen LogP contribution in [0.15, 0.2) is 22.9 Å². The molecule has 0 bridgehead atoms. The Morgan fingerprint density at radius 3 is 3.12 bits per heavy atom. The number of aromatic nitrogens is 2. The number of rotatable bonds is 2. The maximum absolute atomic E-state index is 5.22. The van der Waals surface area contributed by atoms with Crippen LogP contribution in [0.4, 0.5) is 0 Å². The van der Waals surface area contributed by atoms with E-state index in [1.807, 2.05) is 12.1 Å². The van der Waals surface area contributed by atoms with Crippen LogP contribution in [0.1, 0.15) is 12.5 Å². The Morgan fingerprint density at radius 2 is 2.41 bits per heavy atom. The van der Waals surface area contributed by atoms with Crippen molar-refractivity contribution in [1.29, 1.82) is 0 Å². The van der Waals surface area contributed by atoms with E-state index in [-0.39, 0.29) is 0 Å². The highest BCUT2D eigenvalue weighted by molar-refractivity contribution is 9.10. The van der Waals surface area contributed by atoms with Crippen LogP contribution in [0.25, 0.3) is 11.0 Å². The molecule has 2 aromatic rings. The SMILES string of the molecule is COc1ccc2c(c1)nc(Br)n2C1CCNC1. The molecule has 1 aliphatic rings. The van der Waals surface area contributed by atoms with E-state index in [2.05, 4.69) is 36.9 Å². The molecule has 3 rings (SSSR count). The van der Waals surface area contributed by atoms with E-state index in [1.54, 1.807) is 7.11 Å².